The van der Waals surface area contributed by atoms with Gasteiger partial charge in [-0.15, -0.1) is 0 Å². The van der Waals surface area contributed by atoms with Crippen LogP contribution in [0.4, 0.5) is 0 Å². The highest BCUT2D eigenvalue weighted by atomic mass is 32.2. The predicted octanol–water partition coefficient (Wildman–Crippen LogP) is 2.02. The summed E-state index contributed by atoms with van der Waals surface area (Å²) >= 11 is 0. The van der Waals surface area contributed by atoms with Gasteiger partial charge in [-0.05, 0) is 38.5 Å². The Bertz CT molecular complexity index is 771. The molecule has 1 N–H and O–H groups in total. The lowest BCUT2D eigenvalue weighted by Crippen LogP contribution is -2.42. The normalized spacial score (nSPS) is 18.7. The summed E-state index contributed by atoms with van der Waals surface area (Å²) in [4.78, 5) is 2.70. The topological polar surface area (TPSA) is 67.2 Å². The van der Waals surface area contributed by atoms with Gasteiger partial charge in [0.2, 0.25) is 10.0 Å². The Morgan fingerprint density at radius 3 is 2.71 bits per heavy atom. The van der Waals surface area contributed by atoms with Crippen LogP contribution in [0.2, 0.25) is 0 Å². The molecule has 1 aliphatic heterocycles. The molecule has 0 unspecified atom stereocenters. The van der Waals surface area contributed by atoms with Crippen LogP contribution in [0.25, 0.3) is 0 Å². The number of nitrogens with one attached hydrogen (secondary N) is 1. The average molecular weight is 348 g/mol. The van der Waals surface area contributed by atoms with Crippen molar-refractivity contribution in [2.75, 3.05) is 13.1 Å². The minimum absolute atomic E-state index is 0.185. The summed E-state index contributed by atoms with van der Waals surface area (Å²) in [7, 11) is -3.45. The van der Waals surface area contributed by atoms with E-state index < -0.39 is 10.0 Å². The smallest absolute Gasteiger partial charge is 0.240 e. The number of aromatic nitrogens is 2. The van der Waals surface area contributed by atoms with Crippen molar-refractivity contribution in [2.24, 2.45) is 0 Å². The van der Waals surface area contributed by atoms with Crippen molar-refractivity contribution in [1.82, 2.24) is 19.4 Å². The number of hydrogen-bond donors (Lipinski definition) is 1. The van der Waals surface area contributed by atoms with E-state index in [0.29, 0.717) is 23.9 Å². The lowest BCUT2D eigenvalue weighted by molar-refractivity contribution is 0.135. The standard InChI is InChI=1S/C17H24N4O2S/c1-14(2)20-12-15-8-10-18-21(15)16(13-20)9-11-19-24(22,23)17-6-4-3-5-7-17/h3-8,10,14,16,19H,9,11-13H2,1-2H3/t16-/m0/s1. The van der Waals surface area contributed by atoms with Crippen LogP contribution < -0.4 is 4.72 Å². The summed E-state index contributed by atoms with van der Waals surface area (Å²) in [5, 5.41) is 4.42. The molecule has 1 aliphatic rings. The maximum atomic E-state index is 12.3. The van der Waals surface area contributed by atoms with Gasteiger partial charge in [0.15, 0.2) is 0 Å². The molecular formula is C17H24N4O2S. The van der Waals surface area contributed by atoms with Crippen LogP contribution in [0.1, 0.15) is 32.0 Å². The first-order valence-electron chi connectivity index (χ1n) is 8.28. The van der Waals surface area contributed by atoms with E-state index in [0.717, 1.165) is 13.1 Å². The molecule has 0 bridgehead atoms. The SMILES string of the molecule is CC(C)N1Cc2ccnn2[C@@H](CCNS(=O)(=O)c2ccccc2)C1. The Morgan fingerprint density at radius 2 is 2.00 bits per heavy atom. The molecule has 0 saturated heterocycles. The van der Waals surface area contributed by atoms with Crippen molar-refractivity contribution in [3.8, 4) is 0 Å². The van der Waals surface area contributed by atoms with E-state index in [2.05, 4.69) is 28.6 Å². The number of sulfonamides is 1. The van der Waals surface area contributed by atoms with Crippen molar-refractivity contribution in [1.29, 1.82) is 0 Å². The molecule has 7 heteroatoms. The van der Waals surface area contributed by atoms with Gasteiger partial charge in [-0.2, -0.15) is 5.10 Å². The maximum Gasteiger partial charge on any atom is 0.240 e. The first-order valence-corrected chi connectivity index (χ1v) is 9.77. The molecular weight excluding hydrogens is 324 g/mol. The highest BCUT2D eigenvalue weighted by Gasteiger charge is 2.27. The number of hydrogen-bond acceptors (Lipinski definition) is 4. The summed E-state index contributed by atoms with van der Waals surface area (Å²) in [6.07, 6.45) is 2.53. The molecule has 6 nitrogen and oxygen atoms in total. The van der Waals surface area contributed by atoms with Gasteiger partial charge < -0.3 is 0 Å². The fourth-order valence-electron chi connectivity index (χ4n) is 3.07. The van der Waals surface area contributed by atoms with Crippen molar-refractivity contribution >= 4 is 10.0 Å². The molecule has 0 spiro atoms. The van der Waals surface area contributed by atoms with Crippen LogP contribution in [-0.4, -0.2) is 42.2 Å². The Hall–Kier alpha value is -1.70. The molecule has 1 aromatic carbocycles. The Balaban J connectivity index is 1.65. The molecule has 130 valence electrons. The molecule has 0 amide bonds. The first kappa shape index (κ1) is 17.1. The van der Waals surface area contributed by atoms with E-state index in [1.807, 2.05) is 16.9 Å². The van der Waals surface area contributed by atoms with Crippen molar-refractivity contribution in [3.05, 3.63) is 48.3 Å². The molecule has 0 radical (unpaired) electrons. The van der Waals surface area contributed by atoms with E-state index in [1.54, 1.807) is 30.3 Å². The maximum absolute atomic E-state index is 12.3. The van der Waals surface area contributed by atoms with Crippen LogP contribution in [0, 0.1) is 0 Å². The van der Waals surface area contributed by atoms with E-state index >= 15 is 0 Å². The molecule has 2 heterocycles. The number of nitrogens with zero attached hydrogens (tertiary/aromatic N) is 3. The van der Waals surface area contributed by atoms with Gasteiger partial charge >= 0.3 is 0 Å². The van der Waals surface area contributed by atoms with Crippen molar-refractivity contribution in [3.63, 3.8) is 0 Å². The number of rotatable bonds is 6. The highest BCUT2D eigenvalue weighted by Crippen LogP contribution is 2.24. The van der Waals surface area contributed by atoms with Gasteiger partial charge in [0.05, 0.1) is 16.6 Å². The monoisotopic (exact) mass is 348 g/mol. The summed E-state index contributed by atoms with van der Waals surface area (Å²) in [5.74, 6) is 0. The van der Waals surface area contributed by atoms with Crippen LogP contribution in [0.5, 0.6) is 0 Å². The van der Waals surface area contributed by atoms with Gasteiger partial charge in [-0.3, -0.25) is 9.58 Å². The Kier molecular flexibility index (Phi) is 5.03. The molecule has 0 aliphatic carbocycles. The first-order chi connectivity index (χ1) is 11.5. The van der Waals surface area contributed by atoms with Crippen LogP contribution in [0.3, 0.4) is 0 Å². The van der Waals surface area contributed by atoms with Gasteiger partial charge in [0, 0.05) is 31.9 Å². The Labute approximate surface area is 143 Å². The number of fused-ring (bicyclic) bond motifs is 1. The Morgan fingerprint density at radius 1 is 1.25 bits per heavy atom. The molecule has 1 aromatic heterocycles. The highest BCUT2D eigenvalue weighted by molar-refractivity contribution is 7.89. The van der Waals surface area contributed by atoms with Crippen LogP contribution in [0.15, 0.2) is 47.5 Å². The predicted molar refractivity (Wildman–Crippen MR) is 93.1 cm³/mol. The summed E-state index contributed by atoms with van der Waals surface area (Å²) in [6.45, 7) is 6.54. The second kappa shape index (κ2) is 7.04. The van der Waals surface area contributed by atoms with Crippen molar-refractivity contribution < 1.29 is 8.42 Å². The van der Waals surface area contributed by atoms with Gasteiger partial charge in [0.25, 0.3) is 0 Å². The van der Waals surface area contributed by atoms with Crippen LogP contribution in [-0.2, 0) is 16.6 Å². The fourth-order valence-corrected chi connectivity index (χ4v) is 4.13. The molecule has 24 heavy (non-hydrogen) atoms. The average Bonchev–Trinajstić information content (AvgIpc) is 3.04. The van der Waals surface area contributed by atoms with E-state index in [1.165, 1.54) is 5.69 Å². The molecule has 3 rings (SSSR count). The van der Waals surface area contributed by atoms with Gasteiger partial charge in [-0.1, -0.05) is 18.2 Å². The summed E-state index contributed by atoms with van der Waals surface area (Å²) < 4.78 is 29.3. The quantitative estimate of drug-likeness (QED) is 0.867. The van der Waals surface area contributed by atoms with Gasteiger partial charge in [-0.25, -0.2) is 13.1 Å². The zero-order chi connectivity index (χ0) is 17.2. The zero-order valence-electron chi connectivity index (χ0n) is 14.1. The van der Waals surface area contributed by atoms with Crippen molar-refractivity contribution in [2.45, 2.75) is 43.8 Å². The summed E-state index contributed by atoms with van der Waals surface area (Å²) in [5.41, 5.74) is 1.19. The third-order valence-corrected chi connectivity index (χ3v) is 5.94. The molecule has 1 atom stereocenters. The second-order valence-electron chi connectivity index (χ2n) is 6.44. The third-order valence-electron chi connectivity index (χ3n) is 4.46. The lowest BCUT2D eigenvalue weighted by atomic mass is 10.1. The minimum Gasteiger partial charge on any atom is -0.293 e. The third kappa shape index (κ3) is 3.68. The number of benzene rings is 1. The second-order valence-corrected chi connectivity index (χ2v) is 8.21. The summed E-state index contributed by atoms with van der Waals surface area (Å²) in [6, 6.07) is 11.2. The molecule has 0 fully saturated rings. The zero-order valence-corrected chi connectivity index (χ0v) is 14.9. The van der Waals surface area contributed by atoms with Gasteiger partial charge in [0.1, 0.15) is 0 Å². The van der Waals surface area contributed by atoms with E-state index in [9.17, 15) is 8.42 Å². The van der Waals surface area contributed by atoms with E-state index in [-0.39, 0.29) is 6.04 Å². The van der Waals surface area contributed by atoms with Crippen LogP contribution >= 0.6 is 0 Å². The minimum atomic E-state index is -3.45. The lowest BCUT2D eigenvalue weighted by Gasteiger charge is -2.36. The largest absolute Gasteiger partial charge is 0.293 e. The molecule has 2 aromatic rings. The fraction of sp³-hybridized carbons (Fsp3) is 0.471. The molecule has 0 saturated carbocycles. The van der Waals surface area contributed by atoms with E-state index in [4.69, 9.17) is 0 Å².